The minimum atomic E-state index is -1.86. The molecule has 94 valence electrons. The molecule has 1 heterocycles. The molecular formula is C12H12N2O4. The molecule has 2 aromatic rings. The summed E-state index contributed by atoms with van der Waals surface area (Å²) >= 11 is 0. The van der Waals surface area contributed by atoms with Crippen LogP contribution in [0.2, 0.25) is 0 Å². The van der Waals surface area contributed by atoms with Crippen LogP contribution in [0.3, 0.4) is 0 Å². The molecule has 0 aliphatic heterocycles. The maximum atomic E-state index is 10.6. The van der Waals surface area contributed by atoms with E-state index in [1.165, 1.54) is 17.1 Å². The first-order valence-corrected chi connectivity index (χ1v) is 5.28. The molecule has 0 aliphatic rings. The van der Waals surface area contributed by atoms with Gasteiger partial charge >= 0.3 is 5.97 Å². The third-order valence-electron chi connectivity index (χ3n) is 2.52. The summed E-state index contributed by atoms with van der Waals surface area (Å²) in [6.07, 6.45) is -0.561. The van der Waals surface area contributed by atoms with E-state index in [1.54, 1.807) is 0 Å². The predicted molar refractivity (Wildman–Crippen MR) is 62.2 cm³/mol. The minimum Gasteiger partial charge on any atom is -0.479 e. The van der Waals surface area contributed by atoms with Crippen LogP contribution in [0, 0.1) is 0 Å². The predicted octanol–water partition coefficient (Wildman–Crippen LogP) is 0.351. The summed E-state index contributed by atoms with van der Waals surface area (Å²) in [7, 11) is 0. The van der Waals surface area contributed by atoms with Crippen molar-refractivity contribution in [3.8, 4) is 5.69 Å². The molecule has 0 saturated heterocycles. The summed E-state index contributed by atoms with van der Waals surface area (Å²) in [5.74, 6) is -1.48. The lowest BCUT2D eigenvalue weighted by Gasteiger charge is -2.11. The number of aliphatic hydroxyl groups excluding tert-OH is 2. The summed E-state index contributed by atoms with van der Waals surface area (Å²) in [6, 6.07) is 9.16. The second-order valence-electron chi connectivity index (χ2n) is 3.78. The first-order valence-electron chi connectivity index (χ1n) is 5.28. The maximum Gasteiger partial charge on any atom is 0.335 e. The van der Waals surface area contributed by atoms with E-state index in [-0.39, 0.29) is 5.56 Å². The van der Waals surface area contributed by atoms with Crippen molar-refractivity contribution < 1.29 is 20.1 Å². The Kier molecular flexibility index (Phi) is 3.40. The molecular weight excluding hydrogens is 236 g/mol. The molecule has 0 radical (unpaired) electrons. The second-order valence-corrected chi connectivity index (χ2v) is 3.78. The van der Waals surface area contributed by atoms with Crippen molar-refractivity contribution in [2.24, 2.45) is 0 Å². The summed E-state index contributed by atoms with van der Waals surface area (Å²) in [5.41, 5.74) is 1.02. The van der Waals surface area contributed by atoms with E-state index < -0.39 is 18.2 Å². The quantitative estimate of drug-likeness (QED) is 0.725. The first kappa shape index (κ1) is 12.3. The molecule has 0 bridgehead atoms. The highest BCUT2D eigenvalue weighted by Gasteiger charge is 2.26. The van der Waals surface area contributed by atoms with E-state index in [1.807, 2.05) is 30.3 Å². The Morgan fingerprint density at radius 3 is 2.50 bits per heavy atom. The molecule has 0 spiro atoms. The van der Waals surface area contributed by atoms with Gasteiger partial charge in [0, 0.05) is 11.8 Å². The van der Waals surface area contributed by atoms with Gasteiger partial charge in [-0.3, -0.25) is 0 Å². The number of aliphatic hydroxyl groups is 2. The van der Waals surface area contributed by atoms with Crippen LogP contribution in [0.25, 0.3) is 5.69 Å². The largest absolute Gasteiger partial charge is 0.479 e. The normalized spacial score (nSPS) is 14.1. The van der Waals surface area contributed by atoms with Gasteiger partial charge in [0.25, 0.3) is 0 Å². The van der Waals surface area contributed by atoms with Gasteiger partial charge in [-0.1, -0.05) is 18.2 Å². The summed E-state index contributed by atoms with van der Waals surface area (Å²) in [5, 5.41) is 31.5. The fourth-order valence-electron chi connectivity index (χ4n) is 1.53. The molecule has 3 N–H and O–H groups in total. The SMILES string of the molecule is O=C(O)C(O)C(O)c1cnn(-c2ccccc2)c1. The van der Waals surface area contributed by atoms with E-state index in [2.05, 4.69) is 5.10 Å². The van der Waals surface area contributed by atoms with E-state index >= 15 is 0 Å². The fraction of sp³-hybridized carbons (Fsp3) is 0.167. The number of hydrogen-bond donors (Lipinski definition) is 3. The standard InChI is InChI=1S/C12H12N2O4/c15-10(11(16)12(17)18)8-6-13-14(7-8)9-4-2-1-3-5-9/h1-7,10-11,15-16H,(H,17,18). The van der Waals surface area contributed by atoms with E-state index in [4.69, 9.17) is 5.11 Å². The zero-order valence-corrected chi connectivity index (χ0v) is 9.34. The van der Waals surface area contributed by atoms with Crippen molar-refractivity contribution in [2.75, 3.05) is 0 Å². The van der Waals surface area contributed by atoms with Crippen LogP contribution < -0.4 is 0 Å². The van der Waals surface area contributed by atoms with Gasteiger partial charge in [-0.05, 0) is 12.1 Å². The molecule has 2 rings (SSSR count). The van der Waals surface area contributed by atoms with Crippen molar-refractivity contribution in [2.45, 2.75) is 12.2 Å². The molecule has 2 atom stereocenters. The number of carboxylic acid groups (broad SMARTS) is 1. The lowest BCUT2D eigenvalue weighted by Crippen LogP contribution is -2.27. The zero-order valence-electron chi connectivity index (χ0n) is 9.34. The number of carbonyl (C=O) groups is 1. The Morgan fingerprint density at radius 1 is 1.22 bits per heavy atom. The van der Waals surface area contributed by atoms with Gasteiger partial charge < -0.3 is 15.3 Å². The Morgan fingerprint density at radius 2 is 1.89 bits per heavy atom. The van der Waals surface area contributed by atoms with Gasteiger partial charge in [-0.15, -0.1) is 0 Å². The fourth-order valence-corrected chi connectivity index (χ4v) is 1.53. The number of rotatable bonds is 4. The molecule has 1 aromatic carbocycles. The average Bonchev–Trinajstić information content (AvgIpc) is 2.87. The highest BCUT2D eigenvalue weighted by Crippen LogP contribution is 2.18. The third-order valence-corrected chi connectivity index (χ3v) is 2.52. The highest BCUT2D eigenvalue weighted by atomic mass is 16.4. The first-order chi connectivity index (χ1) is 8.59. The van der Waals surface area contributed by atoms with Crippen LogP contribution in [0.4, 0.5) is 0 Å². The monoisotopic (exact) mass is 248 g/mol. The van der Waals surface area contributed by atoms with Crippen LogP contribution in [0.15, 0.2) is 42.7 Å². The Bertz CT molecular complexity index is 538. The van der Waals surface area contributed by atoms with Gasteiger partial charge in [0.05, 0.1) is 11.9 Å². The van der Waals surface area contributed by atoms with Crippen molar-refractivity contribution in [1.29, 1.82) is 0 Å². The number of nitrogens with zero attached hydrogens (tertiary/aromatic N) is 2. The van der Waals surface area contributed by atoms with Crippen LogP contribution in [0.5, 0.6) is 0 Å². The molecule has 6 heteroatoms. The summed E-state index contributed by atoms with van der Waals surface area (Å²) in [4.78, 5) is 10.6. The number of aliphatic carboxylic acids is 1. The molecule has 18 heavy (non-hydrogen) atoms. The lowest BCUT2D eigenvalue weighted by molar-refractivity contribution is -0.153. The zero-order chi connectivity index (χ0) is 13.1. The maximum absolute atomic E-state index is 10.6. The molecule has 2 unspecified atom stereocenters. The van der Waals surface area contributed by atoms with E-state index in [0.717, 1.165) is 5.69 Å². The molecule has 0 fully saturated rings. The Hall–Kier alpha value is -2.18. The number of carboxylic acids is 1. The van der Waals surface area contributed by atoms with Gasteiger partial charge in [0.1, 0.15) is 6.10 Å². The van der Waals surface area contributed by atoms with E-state index in [0.29, 0.717) is 0 Å². The topological polar surface area (TPSA) is 95.6 Å². The number of benzene rings is 1. The van der Waals surface area contributed by atoms with Crippen LogP contribution in [-0.2, 0) is 4.79 Å². The number of aromatic nitrogens is 2. The molecule has 6 nitrogen and oxygen atoms in total. The van der Waals surface area contributed by atoms with Gasteiger partial charge in [0.2, 0.25) is 0 Å². The van der Waals surface area contributed by atoms with Crippen molar-refractivity contribution in [1.82, 2.24) is 9.78 Å². The molecule has 0 amide bonds. The molecule has 0 saturated carbocycles. The molecule has 1 aromatic heterocycles. The summed E-state index contributed by atoms with van der Waals surface area (Å²) in [6.45, 7) is 0. The second kappa shape index (κ2) is 4.99. The van der Waals surface area contributed by atoms with Crippen molar-refractivity contribution in [3.05, 3.63) is 48.3 Å². The van der Waals surface area contributed by atoms with Gasteiger partial charge in [-0.2, -0.15) is 5.10 Å². The van der Waals surface area contributed by atoms with Crippen molar-refractivity contribution >= 4 is 5.97 Å². The highest BCUT2D eigenvalue weighted by molar-refractivity contribution is 5.73. The van der Waals surface area contributed by atoms with E-state index in [9.17, 15) is 15.0 Å². The molecule has 0 aliphatic carbocycles. The van der Waals surface area contributed by atoms with Crippen molar-refractivity contribution in [3.63, 3.8) is 0 Å². The number of hydrogen-bond acceptors (Lipinski definition) is 4. The average molecular weight is 248 g/mol. The van der Waals surface area contributed by atoms with Crippen LogP contribution >= 0.6 is 0 Å². The van der Waals surface area contributed by atoms with Gasteiger partial charge in [0.15, 0.2) is 6.10 Å². The smallest absolute Gasteiger partial charge is 0.335 e. The summed E-state index contributed by atoms with van der Waals surface area (Å²) < 4.78 is 1.49. The minimum absolute atomic E-state index is 0.244. The Balaban J connectivity index is 2.23. The lowest BCUT2D eigenvalue weighted by atomic mass is 10.1. The van der Waals surface area contributed by atoms with Gasteiger partial charge in [-0.25, -0.2) is 9.48 Å². The van der Waals surface area contributed by atoms with Crippen LogP contribution in [-0.4, -0.2) is 37.2 Å². The van der Waals surface area contributed by atoms with Crippen LogP contribution in [0.1, 0.15) is 11.7 Å². The third kappa shape index (κ3) is 2.39. The number of para-hydroxylation sites is 1. The Labute approximate surface area is 103 Å².